The molecule has 1 heterocycles. The van der Waals surface area contributed by atoms with Crippen LogP contribution < -0.4 is 4.72 Å². The van der Waals surface area contributed by atoms with E-state index in [4.69, 9.17) is 11.6 Å². The van der Waals surface area contributed by atoms with Crippen LogP contribution in [0.5, 0.6) is 0 Å². The van der Waals surface area contributed by atoms with Crippen LogP contribution in [0.4, 0.5) is 0 Å². The van der Waals surface area contributed by atoms with Gasteiger partial charge in [-0.3, -0.25) is 5.10 Å². The van der Waals surface area contributed by atoms with Gasteiger partial charge in [-0.15, -0.1) is 0 Å². The van der Waals surface area contributed by atoms with E-state index in [9.17, 15) is 13.5 Å². The summed E-state index contributed by atoms with van der Waals surface area (Å²) in [6.45, 7) is 0. The fraction of sp³-hybridized carbons (Fsp3) is 0.562. The second-order valence-corrected chi connectivity index (χ2v) is 9.87. The molecule has 6 nitrogen and oxygen atoms in total. The maximum Gasteiger partial charge on any atom is 0.214 e. The summed E-state index contributed by atoms with van der Waals surface area (Å²) < 4.78 is 27.0. The highest BCUT2D eigenvalue weighted by molar-refractivity contribution is 7.90. The van der Waals surface area contributed by atoms with Gasteiger partial charge < -0.3 is 5.11 Å². The summed E-state index contributed by atoms with van der Waals surface area (Å²) in [4.78, 5) is 0. The molecule has 0 amide bonds. The van der Waals surface area contributed by atoms with Crippen molar-refractivity contribution in [2.75, 3.05) is 0 Å². The van der Waals surface area contributed by atoms with Crippen molar-refractivity contribution in [3.63, 3.8) is 0 Å². The van der Waals surface area contributed by atoms with Crippen molar-refractivity contribution in [1.82, 2.24) is 14.9 Å². The van der Waals surface area contributed by atoms with E-state index in [-0.39, 0.29) is 23.1 Å². The molecule has 0 radical (unpaired) electrons. The van der Waals surface area contributed by atoms with Gasteiger partial charge in [0.1, 0.15) is 0 Å². The Morgan fingerprint density at radius 3 is 2.67 bits per heavy atom. The quantitative estimate of drug-likeness (QED) is 0.769. The lowest BCUT2D eigenvalue weighted by Gasteiger charge is -2.27. The second-order valence-electron chi connectivity index (χ2n) is 7.44. The molecular weight excluding hydrogens is 350 g/mol. The number of benzene rings is 1. The Balaban J connectivity index is 1.39. The number of aliphatic hydroxyl groups is 1. The summed E-state index contributed by atoms with van der Waals surface area (Å²) in [6.07, 6.45) is 4.34. The summed E-state index contributed by atoms with van der Waals surface area (Å²) in [5.74, 6) is 0.397. The highest BCUT2D eigenvalue weighted by Crippen LogP contribution is 2.60. The number of aromatic nitrogens is 2. The van der Waals surface area contributed by atoms with Crippen LogP contribution in [0.2, 0.25) is 5.02 Å². The summed E-state index contributed by atoms with van der Waals surface area (Å²) in [7, 11) is -3.17. The smallest absolute Gasteiger partial charge is 0.214 e. The zero-order valence-corrected chi connectivity index (χ0v) is 14.4. The maximum absolute atomic E-state index is 12.1. The van der Waals surface area contributed by atoms with Crippen LogP contribution in [0, 0.1) is 11.8 Å². The lowest BCUT2D eigenvalue weighted by Crippen LogP contribution is -2.35. The number of rotatable bonds is 4. The Hall–Kier alpha value is -1.15. The third-order valence-corrected chi connectivity index (χ3v) is 7.93. The number of nitrogens with one attached hydrogen (secondary N) is 2. The Bertz CT molecular complexity index is 925. The molecule has 5 rings (SSSR count). The number of fused-ring (bicyclic) bond motifs is 2. The van der Waals surface area contributed by atoms with Gasteiger partial charge in [-0.1, -0.05) is 11.6 Å². The van der Waals surface area contributed by atoms with Crippen LogP contribution in [0.1, 0.15) is 31.2 Å². The van der Waals surface area contributed by atoms with Crippen molar-refractivity contribution >= 4 is 32.5 Å². The summed E-state index contributed by atoms with van der Waals surface area (Å²) in [6, 6.07) is 3.57. The maximum atomic E-state index is 12.1. The second kappa shape index (κ2) is 4.72. The largest absolute Gasteiger partial charge is 0.385 e. The number of sulfonamides is 1. The fourth-order valence-electron chi connectivity index (χ4n) is 4.32. The van der Waals surface area contributed by atoms with Crippen molar-refractivity contribution in [2.45, 2.75) is 42.6 Å². The van der Waals surface area contributed by atoms with Gasteiger partial charge in [0, 0.05) is 16.5 Å². The van der Waals surface area contributed by atoms with Crippen molar-refractivity contribution in [3.8, 4) is 0 Å². The van der Waals surface area contributed by atoms with Gasteiger partial charge in [0.15, 0.2) is 0 Å². The van der Waals surface area contributed by atoms with Gasteiger partial charge >= 0.3 is 0 Å². The van der Waals surface area contributed by atoms with Gasteiger partial charge in [0.25, 0.3) is 0 Å². The Morgan fingerprint density at radius 2 is 2.00 bits per heavy atom. The normalized spacial score (nSPS) is 35.3. The van der Waals surface area contributed by atoms with Gasteiger partial charge in [-0.25, -0.2) is 13.1 Å². The van der Waals surface area contributed by atoms with Crippen LogP contribution in [0.25, 0.3) is 10.9 Å². The molecule has 128 valence electrons. The predicted molar refractivity (Wildman–Crippen MR) is 90.1 cm³/mol. The average molecular weight is 368 g/mol. The van der Waals surface area contributed by atoms with E-state index in [0.717, 1.165) is 29.3 Å². The lowest BCUT2D eigenvalue weighted by molar-refractivity contribution is 0.0303. The van der Waals surface area contributed by atoms with Crippen LogP contribution in [-0.2, 0) is 15.6 Å². The molecule has 1 aromatic carbocycles. The fourth-order valence-corrected chi connectivity index (χ4v) is 6.22. The van der Waals surface area contributed by atoms with E-state index in [1.807, 2.05) is 0 Å². The number of halogens is 1. The molecule has 0 aliphatic heterocycles. The SMILES string of the molecule is O=S(=O)(N[C@H]1[C@@H]2C[C@](O)(c3cc(Cl)cc4[nH]ncc34)C[C@@H]21)C1CC1. The van der Waals surface area contributed by atoms with Crippen molar-refractivity contribution < 1.29 is 13.5 Å². The Labute approximate surface area is 144 Å². The van der Waals surface area contributed by atoms with Gasteiger partial charge in [0.2, 0.25) is 10.0 Å². The first-order chi connectivity index (χ1) is 11.4. The van der Waals surface area contributed by atoms with E-state index >= 15 is 0 Å². The molecule has 0 saturated heterocycles. The molecule has 24 heavy (non-hydrogen) atoms. The van der Waals surface area contributed by atoms with E-state index < -0.39 is 15.6 Å². The predicted octanol–water partition coefficient (Wildman–Crippen LogP) is 1.89. The minimum absolute atomic E-state index is 0.0186. The molecule has 3 aliphatic rings. The molecule has 3 aliphatic carbocycles. The first-order valence-corrected chi connectivity index (χ1v) is 10.2. The Kier molecular flexibility index (Phi) is 2.98. The first kappa shape index (κ1) is 15.1. The van der Waals surface area contributed by atoms with Crippen molar-refractivity contribution in [1.29, 1.82) is 0 Å². The molecule has 3 N–H and O–H groups in total. The molecule has 1 aromatic heterocycles. The standard InChI is InChI=1S/C16H18ClN3O3S/c17-8-3-13(12-7-18-19-14(12)4-8)16(21)5-10-11(6-16)15(10)20-24(22,23)9-1-2-9/h3-4,7,9-11,15,20-21H,1-2,5-6H2,(H,18,19)/t10-,11+,15+,16-. The van der Waals surface area contributed by atoms with E-state index in [1.54, 1.807) is 18.3 Å². The first-order valence-electron chi connectivity index (χ1n) is 8.24. The van der Waals surface area contributed by atoms with Crippen molar-refractivity contribution in [2.24, 2.45) is 11.8 Å². The number of aromatic amines is 1. The lowest BCUT2D eigenvalue weighted by atomic mass is 9.86. The minimum atomic E-state index is -3.17. The van der Waals surface area contributed by atoms with E-state index in [1.165, 1.54) is 0 Å². The van der Waals surface area contributed by atoms with E-state index in [2.05, 4.69) is 14.9 Å². The number of hydrogen-bond donors (Lipinski definition) is 3. The van der Waals surface area contributed by atoms with Gasteiger partial charge in [-0.05, 0) is 55.2 Å². The molecule has 4 atom stereocenters. The molecule has 3 fully saturated rings. The number of hydrogen-bond acceptors (Lipinski definition) is 4. The monoisotopic (exact) mass is 367 g/mol. The number of H-pyrrole nitrogens is 1. The molecular formula is C16H18ClN3O3S. The average Bonchev–Trinajstić information content (AvgIpc) is 3.37. The van der Waals surface area contributed by atoms with Crippen LogP contribution in [-0.4, -0.2) is 35.0 Å². The molecule has 3 saturated carbocycles. The third-order valence-electron chi connectivity index (χ3n) is 5.77. The highest BCUT2D eigenvalue weighted by atomic mass is 35.5. The third kappa shape index (κ3) is 2.22. The highest BCUT2D eigenvalue weighted by Gasteiger charge is 2.63. The van der Waals surface area contributed by atoms with Crippen LogP contribution in [0.15, 0.2) is 18.3 Å². The molecule has 0 bridgehead atoms. The zero-order valence-electron chi connectivity index (χ0n) is 12.9. The number of nitrogens with zero attached hydrogens (tertiary/aromatic N) is 1. The van der Waals surface area contributed by atoms with Crippen molar-refractivity contribution in [3.05, 3.63) is 28.9 Å². The zero-order chi connectivity index (χ0) is 16.7. The van der Waals surface area contributed by atoms with E-state index in [0.29, 0.717) is 17.9 Å². The Morgan fingerprint density at radius 1 is 1.29 bits per heavy atom. The summed E-state index contributed by atoms with van der Waals surface area (Å²) >= 11 is 6.18. The molecule has 0 spiro atoms. The van der Waals surface area contributed by atoms with Gasteiger partial charge in [-0.2, -0.15) is 5.10 Å². The summed E-state index contributed by atoms with van der Waals surface area (Å²) in [5, 5.41) is 19.3. The molecule has 2 aromatic rings. The topological polar surface area (TPSA) is 95.1 Å². The minimum Gasteiger partial charge on any atom is -0.385 e. The van der Waals surface area contributed by atoms with Crippen LogP contribution >= 0.6 is 11.6 Å². The van der Waals surface area contributed by atoms with Crippen LogP contribution in [0.3, 0.4) is 0 Å². The summed E-state index contributed by atoms with van der Waals surface area (Å²) in [5.41, 5.74) is 0.622. The van der Waals surface area contributed by atoms with Gasteiger partial charge in [0.05, 0.1) is 22.6 Å². The molecule has 0 unspecified atom stereocenters. The molecule has 8 heteroatoms.